The number of hydrogen-bond acceptors (Lipinski definition) is 5. The SMILES string of the molecule is CCCC(CCOC1CCC(O)CC1)OC1CCC(OC2CCC(OC(C)C)CC2)CC1. The fourth-order valence-electron chi connectivity index (χ4n) is 5.72. The quantitative estimate of drug-likeness (QED) is 0.395. The van der Waals surface area contributed by atoms with E-state index in [4.69, 9.17) is 18.9 Å². The Hall–Kier alpha value is -0.200. The molecule has 0 aromatic rings. The van der Waals surface area contributed by atoms with Crippen LogP contribution in [0.4, 0.5) is 0 Å². The zero-order valence-corrected chi connectivity index (χ0v) is 21.0. The van der Waals surface area contributed by atoms with E-state index in [2.05, 4.69) is 20.8 Å². The van der Waals surface area contributed by atoms with E-state index in [1.54, 1.807) is 0 Å². The van der Waals surface area contributed by atoms with Crippen molar-refractivity contribution in [3.63, 3.8) is 0 Å². The minimum Gasteiger partial charge on any atom is -0.393 e. The maximum absolute atomic E-state index is 9.65. The van der Waals surface area contributed by atoms with Crippen LogP contribution < -0.4 is 0 Å². The third-order valence-corrected chi connectivity index (χ3v) is 7.52. The van der Waals surface area contributed by atoms with Crippen LogP contribution in [0.3, 0.4) is 0 Å². The maximum Gasteiger partial charge on any atom is 0.0600 e. The van der Waals surface area contributed by atoms with Gasteiger partial charge in [0, 0.05) is 6.61 Å². The molecule has 0 aromatic carbocycles. The summed E-state index contributed by atoms with van der Waals surface area (Å²) in [6.07, 6.45) is 18.6. The Balaban J connectivity index is 1.28. The fraction of sp³-hybridized carbons (Fsp3) is 1.00. The summed E-state index contributed by atoms with van der Waals surface area (Å²) < 4.78 is 25.1. The molecule has 0 heterocycles. The van der Waals surface area contributed by atoms with E-state index in [0.717, 1.165) is 103 Å². The predicted molar refractivity (Wildman–Crippen MR) is 128 cm³/mol. The van der Waals surface area contributed by atoms with E-state index in [1.165, 1.54) is 0 Å². The Labute approximate surface area is 196 Å². The molecule has 3 aliphatic carbocycles. The molecule has 3 rings (SSSR count). The minimum absolute atomic E-state index is 0.112. The summed E-state index contributed by atoms with van der Waals surface area (Å²) in [5, 5.41) is 9.65. The normalized spacial score (nSPS) is 35.2. The van der Waals surface area contributed by atoms with Crippen molar-refractivity contribution in [1.82, 2.24) is 0 Å². The molecule has 3 saturated carbocycles. The first kappa shape index (κ1) is 26.4. The first-order chi connectivity index (χ1) is 15.5. The summed E-state index contributed by atoms with van der Waals surface area (Å²) in [6.45, 7) is 7.28. The van der Waals surface area contributed by atoms with Gasteiger partial charge in [-0.1, -0.05) is 13.3 Å². The van der Waals surface area contributed by atoms with E-state index >= 15 is 0 Å². The molecule has 0 aliphatic heterocycles. The third-order valence-electron chi connectivity index (χ3n) is 7.52. The molecule has 5 nitrogen and oxygen atoms in total. The van der Waals surface area contributed by atoms with Gasteiger partial charge >= 0.3 is 0 Å². The molecule has 0 amide bonds. The molecule has 1 N–H and O–H groups in total. The van der Waals surface area contributed by atoms with Gasteiger partial charge in [-0.2, -0.15) is 0 Å². The largest absolute Gasteiger partial charge is 0.393 e. The van der Waals surface area contributed by atoms with Gasteiger partial charge < -0.3 is 24.1 Å². The minimum atomic E-state index is -0.112. The highest BCUT2D eigenvalue weighted by Gasteiger charge is 2.29. The molecule has 0 radical (unpaired) electrons. The van der Waals surface area contributed by atoms with E-state index in [1.807, 2.05) is 0 Å². The van der Waals surface area contributed by atoms with Crippen LogP contribution in [-0.2, 0) is 18.9 Å². The number of ether oxygens (including phenoxy) is 4. The molecule has 1 unspecified atom stereocenters. The molecule has 1 atom stereocenters. The Morgan fingerprint density at radius 1 is 0.656 bits per heavy atom. The van der Waals surface area contributed by atoms with Crippen molar-refractivity contribution in [3.8, 4) is 0 Å². The van der Waals surface area contributed by atoms with Crippen LogP contribution in [0.2, 0.25) is 0 Å². The van der Waals surface area contributed by atoms with Crippen LogP contribution in [0.15, 0.2) is 0 Å². The van der Waals surface area contributed by atoms with E-state index in [9.17, 15) is 5.11 Å². The maximum atomic E-state index is 9.65. The van der Waals surface area contributed by atoms with Crippen molar-refractivity contribution >= 4 is 0 Å². The van der Waals surface area contributed by atoms with Gasteiger partial charge in [0.1, 0.15) is 0 Å². The third kappa shape index (κ3) is 9.58. The molecule has 32 heavy (non-hydrogen) atoms. The van der Waals surface area contributed by atoms with Crippen LogP contribution in [0.1, 0.15) is 117 Å². The zero-order chi connectivity index (χ0) is 22.8. The molecule has 5 heteroatoms. The summed E-state index contributed by atoms with van der Waals surface area (Å²) in [6, 6.07) is 0. The molecular formula is C27H50O5. The lowest BCUT2D eigenvalue weighted by Gasteiger charge is -2.36. The van der Waals surface area contributed by atoms with Gasteiger partial charge in [0.25, 0.3) is 0 Å². The van der Waals surface area contributed by atoms with Crippen LogP contribution in [0.5, 0.6) is 0 Å². The highest BCUT2D eigenvalue weighted by atomic mass is 16.5. The molecule has 0 bridgehead atoms. The van der Waals surface area contributed by atoms with Gasteiger partial charge in [0.2, 0.25) is 0 Å². The molecule has 0 spiro atoms. The Morgan fingerprint density at radius 2 is 1.16 bits per heavy atom. The molecule has 0 saturated heterocycles. The number of aliphatic hydroxyl groups excluding tert-OH is 1. The summed E-state index contributed by atoms with van der Waals surface area (Å²) >= 11 is 0. The fourth-order valence-corrected chi connectivity index (χ4v) is 5.72. The van der Waals surface area contributed by atoms with E-state index in [-0.39, 0.29) is 6.10 Å². The van der Waals surface area contributed by atoms with Gasteiger partial charge in [-0.3, -0.25) is 0 Å². The Kier molecular flexibility index (Phi) is 11.8. The van der Waals surface area contributed by atoms with Crippen LogP contribution in [0, 0.1) is 0 Å². The molecule has 0 aromatic heterocycles. The lowest BCUT2D eigenvalue weighted by Crippen LogP contribution is -2.35. The van der Waals surface area contributed by atoms with Crippen molar-refractivity contribution in [1.29, 1.82) is 0 Å². The highest BCUT2D eigenvalue weighted by molar-refractivity contribution is 4.79. The predicted octanol–water partition coefficient (Wildman–Crippen LogP) is 5.95. The first-order valence-electron chi connectivity index (χ1n) is 13.8. The topological polar surface area (TPSA) is 57.2 Å². The molecule has 3 aliphatic rings. The zero-order valence-electron chi connectivity index (χ0n) is 21.0. The summed E-state index contributed by atoms with van der Waals surface area (Å²) in [5.74, 6) is 0. The van der Waals surface area contributed by atoms with Gasteiger partial charge in [-0.15, -0.1) is 0 Å². The van der Waals surface area contributed by atoms with Crippen molar-refractivity contribution in [2.24, 2.45) is 0 Å². The lowest BCUT2D eigenvalue weighted by molar-refractivity contribution is -0.106. The lowest BCUT2D eigenvalue weighted by atomic mass is 9.92. The van der Waals surface area contributed by atoms with Crippen LogP contribution >= 0.6 is 0 Å². The number of aliphatic hydroxyl groups is 1. The van der Waals surface area contributed by atoms with E-state index in [0.29, 0.717) is 42.7 Å². The first-order valence-corrected chi connectivity index (χ1v) is 13.8. The molecule has 188 valence electrons. The average molecular weight is 455 g/mol. The van der Waals surface area contributed by atoms with Crippen molar-refractivity contribution in [2.45, 2.75) is 166 Å². The smallest absolute Gasteiger partial charge is 0.0600 e. The van der Waals surface area contributed by atoms with Crippen molar-refractivity contribution in [3.05, 3.63) is 0 Å². The van der Waals surface area contributed by atoms with Gasteiger partial charge in [0.15, 0.2) is 0 Å². The second kappa shape index (κ2) is 14.3. The molecular weight excluding hydrogens is 404 g/mol. The monoisotopic (exact) mass is 454 g/mol. The van der Waals surface area contributed by atoms with Gasteiger partial charge in [-0.05, 0) is 104 Å². The van der Waals surface area contributed by atoms with E-state index < -0.39 is 0 Å². The second-order valence-corrected chi connectivity index (χ2v) is 10.8. The second-order valence-electron chi connectivity index (χ2n) is 10.8. The van der Waals surface area contributed by atoms with Crippen molar-refractivity contribution < 1.29 is 24.1 Å². The summed E-state index contributed by atoms with van der Waals surface area (Å²) in [7, 11) is 0. The summed E-state index contributed by atoms with van der Waals surface area (Å²) in [4.78, 5) is 0. The molecule has 3 fully saturated rings. The van der Waals surface area contributed by atoms with Crippen LogP contribution in [-0.4, -0.2) is 60.5 Å². The van der Waals surface area contributed by atoms with Crippen molar-refractivity contribution in [2.75, 3.05) is 6.61 Å². The Morgan fingerprint density at radius 3 is 1.69 bits per heavy atom. The number of hydrogen-bond donors (Lipinski definition) is 1. The summed E-state index contributed by atoms with van der Waals surface area (Å²) in [5.41, 5.74) is 0. The van der Waals surface area contributed by atoms with Crippen LogP contribution in [0.25, 0.3) is 0 Å². The average Bonchev–Trinajstić information content (AvgIpc) is 2.77. The van der Waals surface area contributed by atoms with Gasteiger partial charge in [-0.25, -0.2) is 0 Å². The van der Waals surface area contributed by atoms with Gasteiger partial charge in [0.05, 0.1) is 48.8 Å². The standard InChI is InChI=1S/C27H50O5/c1-4-5-23(18-19-29-22-8-6-21(28)7-9-22)31-25-14-16-27(17-15-25)32-26-12-10-24(11-13-26)30-20(2)3/h20-28H,4-19H2,1-3H3. The highest BCUT2D eigenvalue weighted by Crippen LogP contribution is 2.31. The Bertz CT molecular complexity index is 474. The number of rotatable bonds is 12.